The molecule has 1 saturated heterocycles. The number of aliphatic hydroxyl groups excluding tert-OH is 1. The van der Waals surface area contributed by atoms with Crippen molar-refractivity contribution in [1.29, 1.82) is 0 Å². The summed E-state index contributed by atoms with van der Waals surface area (Å²) in [5.74, 6) is -1.05. The number of carbonyl (C=O) groups excluding carboxylic acids is 2. The van der Waals surface area contributed by atoms with Crippen molar-refractivity contribution in [1.82, 2.24) is 0 Å². The molecule has 0 spiro atoms. The van der Waals surface area contributed by atoms with Gasteiger partial charge in [0.05, 0.1) is 29.6 Å². The van der Waals surface area contributed by atoms with Crippen molar-refractivity contribution in [3.05, 3.63) is 29.8 Å². The maximum absolute atomic E-state index is 13.3. The molecule has 1 amide bonds. The summed E-state index contributed by atoms with van der Waals surface area (Å²) in [6.45, 7) is 12.8. The molecule has 9 heteroatoms. The summed E-state index contributed by atoms with van der Waals surface area (Å²) >= 11 is 0. The maximum Gasteiger partial charge on any atom is 0.340 e. The van der Waals surface area contributed by atoms with Crippen LogP contribution in [0.2, 0.25) is 0 Å². The Hall–Kier alpha value is -2.04. The van der Waals surface area contributed by atoms with Gasteiger partial charge in [0.1, 0.15) is 17.8 Å². The summed E-state index contributed by atoms with van der Waals surface area (Å²) in [4.78, 5) is 26.0. The van der Waals surface area contributed by atoms with Gasteiger partial charge < -0.3 is 34.5 Å². The molecule has 0 aromatic heterocycles. The second-order valence-corrected chi connectivity index (χ2v) is 13.3. The van der Waals surface area contributed by atoms with E-state index in [9.17, 15) is 19.8 Å². The average molecular weight is 620 g/mol. The molecule has 9 nitrogen and oxygen atoms in total. The van der Waals surface area contributed by atoms with Crippen LogP contribution in [0.15, 0.2) is 24.3 Å². The number of aliphatic hydroxyl groups is 2. The molecule has 1 heterocycles. The Morgan fingerprint density at radius 1 is 1.11 bits per heavy atom. The zero-order valence-corrected chi connectivity index (χ0v) is 28.1. The number of hydrogen-bond donors (Lipinski definition) is 3. The number of benzene rings is 1. The number of ether oxygens (including phenoxy) is 4. The van der Waals surface area contributed by atoms with Gasteiger partial charge in [0.25, 0.3) is 5.91 Å². The first-order valence-corrected chi connectivity index (χ1v) is 16.6. The number of amides is 1. The smallest absolute Gasteiger partial charge is 0.340 e. The highest BCUT2D eigenvalue weighted by molar-refractivity contribution is 6.02. The van der Waals surface area contributed by atoms with Crippen LogP contribution in [0.5, 0.6) is 0 Å². The molecule has 0 bridgehead atoms. The van der Waals surface area contributed by atoms with Crippen LogP contribution < -0.4 is 5.32 Å². The van der Waals surface area contributed by atoms with E-state index in [1.807, 2.05) is 20.8 Å². The summed E-state index contributed by atoms with van der Waals surface area (Å²) in [7, 11) is 3.29. The van der Waals surface area contributed by atoms with Crippen molar-refractivity contribution in [2.24, 2.45) is 29.6 Å². The van der Waals surface area contributed by atoms with Crippen LogP contribution in [0, 0.1) is 29.6 Å². The van der Waals surface area contributed by atoms with Crippen molar-refractivity contribution in [3.8, 4) is 0 Å². The molecular formula is C35H57NO8. The van der Waals surface area contributed by atoms with Gasteiger partial charge in [-0.2, -0.15) is 0 Å². The quantitative estimate of drug-likeness (QED) is 0.204. The monoisotopic (exact) mass is 619 g/mol. The Balaban J connectivity index is 1.75. The van der Waals surface area contributed by atoms with Gasteiger partial charge in [-0.05, 0) is 81.3 Å². The van der Waals surface area contributed by atoms with Gasteiger partial charge in [0, 0.05) is 26.7 Å². The van der Waals surface area contributed by atoms with E-state index in [-0.39, 0.29) is 41.2 Å². The Bertz CT molecular complexity index is 1060. The van der Waals surface area contributed by atoms with E-state index < -0.39 is 36.0 Å². The van der Waals surface area contributed by atoms with Crippen LogP contribution in [0.3, 0.4) is 0 Å². The van der Waals surface area contributed by atoms with Crippen LogP contribution in [0.25, 0.3) is 0 Å². The average Bonchev–Trinajstić information content (AvgIpc) is 3.64. The van der Waals surface area contributed by atoms with Crippen LogP contribution in [0.1, 0.15) is 96.8 Å². The largest absolute Gasteiger partial charge is 0.459 e. The predicted molar refractivity (Wildman–Crippen MR) is 170 cm³/mol. The maximum atomic E-state index is 13.3. The summed E-state index contributed by atoms with van der Waals surface area (Å²) in [6, 6.07) is 6.82. The molecule has 2 fully saturated rings. The molecule has 0 radical (unpaired) electrons. The number of carbonyl (C=O) groups is 2. The van der Waals surface area contributed by atoms with Gasteiger partial charge in [-0.1, -0.05) is 53.2 Å². The van der Waals surface area contributed by atoms with E-state index in [0.717, 1.165) is 25.7 Å². The standard InChI is InChI=1S/C35H57NO8/c1-9-21(3)18-25(31(37)35(40)23(5)20-27(32(35)42-8)29(10-2)41-7)19-22(4)24(6)44-34(39)26-14-11-12-15-28(26)36-33(38)30-16-13-17-43-30/h11-12,14-15,21-25,27,29-32,37,40H,9-10,13,16-20H2,1-8H3,(H,36,38)/t21-,22?,23?,24+,25-,27-,29-,30?,31+,32+,35-/m1/s1. The number of anilines is 1. The normalized spacial score (nSPS) is 29.4. The molecule has 250 valence electrons. The molecule has 2 aliphatic rings. The molecule has 3 N–H and O–H groups in total. The lowest BCUT2D eigenvalue weighted by Crippen LogP contribution is -2.58. The Morgan fingerprint density at radius 3 is 2.41 bits per heavy atom. The lowest BCUT2D eigenvalue weighted by molar-refractivity contribution is -0.191. The minimum Gasteiger partial charge on any atom is -0.459 e. The fourth-order valence-electron chi connectivity index (χ4n) is 7.36. The number of nitrogens with one attached hydrogen (secondary N) is 1. The third-order valence-corrected chi connectivity index (χ3v) is 10.4. The third kappa shape index (κ3) is 8.21. The second-order valence-electron chi connectivity index (χ2n) is 13.3. The molecule has 44 heavy (non-hydrogen) atoms. The highest BCUT2D eigenvalue weighted by Gasteiger charge is 2.59. The summed E-state index contributed by atoms with van der Waals surface area (Å²) in [5, 5.41) is 27.1. The van der Waals surface area contributed by atoms with Gasteiger partial charge in [-0.15, -0.1) is 0 Å². The van der Waals surface area contributed by atoms with Crippen molar-refractivity contribution in [3.63, 3.8) is 0 Å². The molecule has 1 aliphatic carbocycles. The zero-order valence-electron chi connectivity index (χ0n) is 28.1. The number of methoxy groups -OCH3 is 2. The SMILES string of the molecule is CC[C@@H](C)C[C@H](CC(C)[C@H](C)OC(=O)c1ccccc1NC(=O)C1CCCO1)[C@H](O)[C@]1(O)C(C)C[C@H]([C@@H](CC)OC)[C@@H]1OC. The van der Waals surface area contributed by atoms with Gasteiger partial charge in [0.15, 0.2) is 0 Å². The van der Waals surface area contributed by atoms with Crippen LogP contribution in [-0.2, 0) is 23.7 Å². The Morgan fingerprint density at radius 2 is 1.82 bits per heavy atom. The molecular weight excluding hydrogens is 562 g/mol. The number of rotatable bonds is 16. The van der Waals surface area contributed by atoms with E-state index in [4.69, 9.17) is 18.9 Å². The van der Waals surface area contributed by atoms with Crippen LogP contribution in [0.4, 0.5) is 5.69 Å². The first-order chi connectivity index (χ1) is 20.9. The molecule has 1 aromatic rings. The van der Waals surface area contributed by atoms with Gasteiger partial charge >= 0.3 is 5.97 Å². The van der Waals surface area contributed by atoms with E-state index >= 15 is 0 Å². The van der Waals surface area contributed by atoms with Gasteiger partial charge in [-0.25, -0.2) is 4.79 Å². The highest BCUT2D eigenvalue weighted by atomic mass is 16.5. The topological polar surface area (TPSA) is 124 Å². The first kappa shape index (κ1) is 36.4. The van der Waals surface area contributed by atoms with E-state index in [0.29, 0.717) is 37.5 Å². The van der Waals surface area contributed by atoms with E-state index in [2.05, 4.69) is 26.1 Å². The summed E-state index contributed by atoms with van der Waals surface area (Å²) < 4.78 is 23.1. The number of hydrogen-bond acceptors (Lipinski definition) is 8. The van der Waals surface area contributed by atoms with Crippen molar-refractivity contribution in [2.45, 2.75) is 123 Å². The third-order valence-electron chi connectivity index (χ3n) is 10.4. The number of esters is 1. The van der Waals surface area contributed by atoms with Gasteiger partial charge in [0.2, 0.25) is 0 Å². The summed E-state index contributed by atoms with van der Waals surface area (Å²) in [6.07, 6.45) is 2.53. The predicted octanol–water partition coefficient (Wildman–Crippen LogP) is 5.62. The molecule has 1 aliphatic heterocycles. The lowest BCUT2D eigenvalue weighted by atomic mass is 9.72. The fraction of sp³-hybridized carbons (Fsp3) is 0.771. The second kappa shape index (κ2) is 16.5. The lowest BCUT2D eigenvalue weighted by Gasteiger charge is -2.43. The molecule has 3 unspecified atom stereocenters. The Labute approximate surface area is 264 Å². The van der Waals surface area contributed by atoms with Gasteiger partial charge in [-0.3, -0.25) is 4.79 Å². The van der Waals surface area contributed by atoms with Crippen molar-refractivity contribution in [2.75, 3.05) is 26.1 Å². The molecule has 1 aromatic carbocycles. The van der Waals surface area contributed by atoms with E-state index in [1.54, 1.807) is 38.5 Å². The Kier molecular flexibility index (Phi) is 13.7. The van der Waals surface area contributed by atoms with Crippen LogP contribution in [-0.4, -0.2) is 79.0 Å². The van der Waals surface area contributed by atoms with Crippen molar-refractivity contribution >= 4 is 17.6 Å². The van der Waals surface area contributed by atoms with Crippen LogP contribution >= 0.6 is 0 Å². The molecule has 1 saturated carbocycles. The van der Waals surface area contributed by atoms with E-state index in [1.165, 1.54) is 0 Å². The summed E-state index contributed by atoms with van der Waals surface area (Å²) in [5.41, 5.74) is -0.772. The van der Waals surface area contributed by atoms with Crippen molar-refractivity contribution < 1.29 is 38.7 Å². The molecule has 11 atom stereocenters. The minimum atomic E-state index is -1.44. The zero-order chi connectivity index (χ0) is 32.6. The number of para-hydroxylation sites is 1. The molecule has 3 rings (SSSR count). The minimum absolute atomic E-state index is 0.0352. The first-order valence-electron chi connectivity index (χ1n) is 16.6. The highest BCUT2D eigenvalue weighted by Crippen LogP contribution is 2.49. The fourth-order valence-corrected chi connectivity index (χ4v) is 7.36.